The maximum Gasteiger partial charge on any atom is 0.244 e. The SMILES string of the molecule is CNCC1CCN(S(=O)(=O)c2ccc(F)cc2Cl)CC1.Cl. The van der Waals surface area contributed by atoms with Gasteiger partial charge in [-0.05, 0) is 50.6 Å². The van der Waals surface area contributed by atoms with Crippen LogP contribution in [0.3, 0.4) is 0 Å². The van der Waals surface area contributed by atoms with E-state index in [1.165, 1.54) is 10.4 Å². The molecule has 0 saturated carbocycles. The van der Waals surface area contributed by atoms with Gasteiger partial charge in [0, 0.05) is 13.1 Å². The summed E-state index contributed by atoms with van der Waals surface area (Å²) in [6, 6.07) is 3.38. The van der Waals surface area contributed by atoms with Crippen LogP contribution in [0.5, 0.6) is 0 Å². The molecule has 120 valence electrons. The summed E-state index contributed by atoms with van der Waals surface area (Å²) in [7, 11) is -1.74. The van der Waals surface area contributed by atoms with Crippen LogP contribution in [0.1, 0.15) is 12.8 Å². The second-order valence-corrected chi connectivity index (χ2v) is 7.29. The molecule has 2 rings (SSSR count). The first-order chi connectivity index (χ1) is 9.45. The normalized spacial score (nSPS) is 17.5. The van der Waals surface area contributed by atoms with Crippen molar-refractivity contribution in [2.24, 2.45) is 5.92 Å². The average Bonchev–Trinajstić information content (AvgIpc) is 2.39. The van der Waals surface area contributed by atoms with Crippen molar-refractivity contribution in [3.05, 3.63) is 29.0 Å². The fourth-order valence-corrected chi connectivity index (χ4v) is 4.44. The molecule has 1 N–H and O–H groups in total. The lowest BCUT2D eigenvalue weighted by molar-refractivity contribution is 0.270. The lowest BCUT2D eigenvalue weighted by Gasteiger charge is -2.31. The van der Waals surface area contributed by atoms with Gasteiger partial charge in [-0.3, -0.25) is 0 Å². The molecule has 8 heteroatoms. The summed E-state index contributed by atoms with van der Waals surface area (Å²) in [5.74, 6) is -0.0446. The van der Waals surface area contributed by atoms with Crippen LogP contribution >= 0.6 is 24.0 Å². The topological polar surface area (TPSA) is 49.4 Å². The van der Waals surface area contributed by atoms with Crippen LogP contribution in [-0.2, 0) is 10.0 Å². The van der Waals surface area contributed by atoms with Crippen molar-refractivity contribution in [3.8, 4) is 0 Å². The maximum atomic E-state index is 13.0. The van der Waals surface area contributed by atoms with Crippen LogP contribution in [0, 0.1) is 11.7 Å². The summed E-state index contributed by atoms with van der Waals surface area (Å²) in [4.78, 5) is -0.0207. The Hall–Kier alpha value is -0.400. The molecule has 1 aromatic carbocycles. The molecule has 1 heterocycles. The Labute approximate surface area is 136 Å². The van der Waals surface area contributed by atoms with Gasteiger partial charge in [0.2, 0.25) is 10.0 Å². The minimum atomic E-state index is -3.63. The van der Waals surface area contributed by atoms with Gasteiger partial charge in [0.15, 0.2) is 0 Å². The fraction of sp³-hybridized carbons (Fsp3) is 0.538. The number of rotatable bonds is 4. The zero-order chi connectivity index (χ0) is 14.8. The van der Waals surface area contributed by atoms with Crippen LogP contribution in [0.4, 0.5) is 4.39 Å². The van der Waals surface area contributed by atoms with Gasteiger partial charge in [-0.15, -0.1) is 12.4 Å². The monoisotopic (exact) mass is 356 g/mol. The molecule has 1 aliphatic rings. The average molecular weight is 357 g/mol. The molecule has 0 aromatic heterocycles. The van der Waals surface area contributed by atoms with Gasteiger partial charge in [0.1, 0.15) is 10.7 Å². The fourth-order valence-electron chi connectivity index (χ4n) is 2.47. The number of hydrogen-bond acceptors (Lipinski definition) is 3. The molecule has 0 atom stereocenters. The van der Waals surface area contributed by atoms with Crippen LogP contribution in [0.15, 0.2) is 23.1 Å². The van der Waals surface area contributed by atoms with E-state index in [1.54, 1.807) is 0 Å². The second-order valence-electron chi connectivity index (χ2n) is 4.98. The summed E-state index contributed by atoms with van der Waals surface area (Å²) in [5, 5.41) is 3.04. The van der Waals surface area contributed by atoms with Gasteiger partial charge in [0.05, 0.1) is 5.02 Å². The summed E-state index contributed by atoms with van der Waals surface area (Å²) >= 11 is 5.86. The Morgan fingerprint density at radius 2 is 2.00 bits per heavy atom. The van der Waals surface area contributed by atoms with E-state index in [0.29, 0.717) is 19.0 Å². The predicted molar refractivity (Wildman–Crippen MR) is 84.1 cm³/mol. The first-order valence-electron chi connectivity index (χ1n) is 6.55. The Balaban J connectivity index is 0.00000220. The molecule has 0 bridgehead atoms. The number of nitrogens with one attached hydrogen (secondary N) is 1. The predicted octanol–water partition coefficient (Wildman–Crippen LogP) is 2.52. The Bertz CT molecular complexity index is 576. The third-order valence-electron chi connectivity index (χ3n) is 3.58. The van der Waals surface area contributed by atoms with Crippen molar-refractivity contribution in [3.63, 3.8) is 0 Å². The van der Waals surface area contributed by atoms with E-state index in [2.05, 4.69) is 5.32 Å². The van der Waals surface area contributed by atoms with Gasteiger partial charge in [-0.2, -0.15) is 4.31 Å². The van der Waals surface area contributed by atoms with Crippen molar-refractivity contribution < 1.29 is 12.8 Å². The van der Waals surface area contributed by atoms with Crippen molar-refractivity contribution in [2.45, 2.75) is 17.7 Å². The van der Waals surface area contributed by atoms with Crippen LogP contribution in [0.25, 0.3) is 0 Å². The maximum absolute atomic E-state index is 13.0. The minimum Gasteiger partial charge on any atom is -0.319 e. The number of nitrogens with zero attached hydrogens (tertiary/aromatic N) is 1. The van der Waals surface area contributed by atoms with E-state index in [4.69, 9.17) is 11.6 Å². The Kier molecular flexibility index (Phi) is 6.87. The van der Waals surface area contributed by atoms with E-state index < -0.39 is 15.8 Å². The lowest BCUT2D eigenvalue weighted by atomic mass is 9.98. The minimum absolute atomic E-state index is 0. The summed E-state index contributed by atoms with van der Waals surface area (Å²) in [6.07, 6.45) is 1.64. The highest BCUT2D eigenvalue weighted by Crippen LogP contribution is 2.28. The van der Waals surface area contributed by atoms with Crippen molar-refractivity contribution in [1.29, 1.82) is 0 Å². The molecule has 1 aliphatic heterocycles. The standard InChI is InChI=1S/C13H18ClFN2O2S.ClH/c1-16-9-10-4-6-17(7-5-10)20(18,19)13-3-2-11(15)8-12(13)14;/h2-3,8,10,16H,4-7,9H2,1H3;1H. The van der Waals surface area contributed by atoms with Crippen LogP contribution in [-0.4, -0.2) is 39.4 Å². The first-order valence-corrected chi connectivity index (χ1v) is 8.36. The number of halogens is 3. The van der Waals surface area contributed by atoms with Gasteiger partial charge in [-0.25, -0.2) is 12.8 Å². The highest BCUT2D eigenvalue weighted by atomic mass is 35.5. The molecule has 21 heavy (non-hydrogen) atoms. The number of benzene rings is 1. The van der Waals surface area contributed by atoms with E-state index in [9.17, 15) is 12.8 Å². The van der Waals surface area contributed by atoms with Crippen molar-refractivity contribution >= 4 is 34.0 Å². The Morgan fingerprint density at radius 1 is 1.38 bits per heavy atom. The zero-order valence-corrected chi connectivity index (χ0v) is 14.1. The quantitative estimate of drug-likeness (QED) is 0.901. The first kappa shape index (κ1) is 18.6. The van der Waals surface area contributed by atoms with Crippen LogP contribution < -0.4 is 5.32 Å². The molecule has 1 aromatic rings. The number of piperidine rings is 1. The van der Waals surface area contributed by atoms with E-state index in [-0.39, 0.29) is 22.3 Å². The Morgan fingerprint density at radius 3 is 2.52 bits per heavy atom. The lowest BCUT2D eigenvalue weighted by Crippen LogP contribution is -2.40. The van der Waals surface area contributed by atoms with E-state index >= 15 is 0 Å². The van der Waals surface area contributed by atoms with Gasteiger partial charge >= 0.3 is 0 Å². The largest absolute Gasteiger partial charge is 0.319 e. The molecule has 1 fully saturated rings. The van der Waals surface area contributed by atoms with Crippen molar-refractivity contribution in [2.75, 3.05) is 26.7 Å². The summed E-state index contributed by atoms with van der Waals surface area (Å²) in [5.41, 5.74) is 0. The number of hydrogen-bond donors (Lipinski definition) is 1. The molecule has 0 amide bonds. The molecule has 0 aliphatic carbocycles. The van der Waals surface area contributed by atoms with E-state index in [0.717, 1.165) is 31.5 Å². The molecule has 0 unspecified atom stereocenters. The third-order valence-corrected chi connectivity index (χ3v) is 5.96. The molecule has 4 nitrogen and oxygen atoms in total. The van der Waals surface area contributed by atoms with Gasteiger partial charge < -0.3 is 5.32 Å². The molecular formula is C13H19Cl2FN2O2S. The number of sulfonamides is 1. The molecular weight excluding hydrogens is 338 g/mol. The summed E-state index contributed by atoms with van der Waals surface area (Å²) in [6.45, 7) is 1.84. The van der Waals surface area contributed by atoms with Gasteiger partial charge in [0.25, 0.3) is 0 Å². The smallest absolute Gasteiger partial charge is 0.244 e. The summed E-state index contributed by atoms with van der Waals surface area (Å²) < 4.78 is 39.4. The second kappa shape index (κ2) is 7.74. The molecule has 0 spiro atoms. The van der Waals surface area contributed by atoms with Gasteiger partial charge in [-0.1, -0.05) is 11.6 Å². The highest BCUT2D eigenvalue weighted by molar-refractivity contribution is 7.89. The zero-order valence-electron chi connectivity index (χ0n) is 11.7. The highest BCUT2D eigenvalue weighted by Gasteiger charge is 2.30. The third kappa shape index (κ3) is 4.29. The van der Waals surface area contributed by atoms with E-state index in [1.807, 2.05) is 7.05 Å². The van der Waals surface area contributed by atoms with Crippen molar-refractivity contribution in [1.82, 2.24) is 9.62 Å². The molecule has 1 saturated heterocycles. The van der Waals surface area contributed by atoms with Crippen LogP contribution in [0.2, 0.25) is 5.02 Å². The molecule has 0 radical (unpaired) electrons.